The summed E-state index contributed by atoms with van der Waals surface area (Å²) in [6, 6.07) is 19.9. The van der Waals surface area contributed by atoms with Gasteiger partial charge in [-0.15, -0.1) is 13.2 Å². The Balaban J connectivity index is 1.15. The first-order valence-corrected chi connectivity index (χ1v) is 17.3. The number of aromatic nitrogens is 1. The van der Waals surface area contributed by atoms with E-state index in [0.29, 0.717) is 24.2 Å². The van der Waals surface area contributed by atoms with Crippen molar-refractivity contribution in [1.29, 1.82) is 5.26 Å². The summed E-state index contributed by atoms with van der Waals surface area (Å²) < 4.78 is 44.8. The molecule has 2 aliphatic heterocycles. The van der Waals surface area contributed by atoms with Gasteiger partial charge in [-0.1, -0.05) is 36.8 Å². The van der Waals surface area contributed by atoms with E-state index in [0.717, 1.165) is 111 Å². The third-order valence-electron chi connectivity index (χ3n) is 9.76. The number of ketones is 1. The second kappa shape index (κ2) is 15.9. The van der Waals surface area contributed by atoms with Crippen LogP contribution in [0, 0.1) is 17.9 Å². The van der Waals surface area contributed by atoms with Gasteiger partial charge in [0, 0.05) is 80.5 Å². The molecule has 1 unspecified atom stereocenters. The predicted molar refractivity (Wildman–Crippen MR) is 187 cm³/mol. The molecule has 0 amide bonds. The number of fused-ring (bicyclic) bond motifs is 1. The number of hydrogen-bond acceptors (Lipinski definition) is 6. The lowest BCUT2D eigenvalue weighted by molar-refractivity contribution is -0.274. The Hall–Kier alpha value is -4.68. The molecule has 50 heavy (non-hydrogen) atoms. The first-order chi connectivity index (χ1) is 24.2. The highest BCUT2D eigenvalue weighted by atomic mass is 19.4. The van der Waals surface area contributed by atoms with Gasteiger partial charge in [-0.05, 0) is 79.3 Å². The summed E-state index contributed by atoms with van der Waals surface area (Å²) in [6.45, 7) is 13.8. The fraction of sp³-hybridized carbons (Fsp3) is 0.410. The molecular formula is C39H41F3N6O2. The van der Waals surface area contributed by atoms with Crippen LogP contribution in [0.4, 0.5) is 18.9 Å². The van der Waals surface area contributed by atoms with Gasteiger partial charge in [0.1, 0.15) is 11.5 Å². The maximum Gasteiger partial charge on any atom is 0.573 e. The second-order valence-corrected chi connectivity index (χ2v) is 13.2. The Morgan fingerprint density at radius 3 is 2.44 bits per heavy atom. The summed E-state index contributed by atoms with van der Waals surface area (Å²) in [7, 11) is 0. The van der Waals surface area contributed by atoms with Crippen LogP contribution in [0.5, 0.6) is 5.75 Å². The summed E-state index contributed by atoms with van der Waals surface area (Å²) in [5.74, 6) is 0.0258. The van der Waals surface area contributed by atoms with Gasteiger partial charge in [-0.3, -0.25) is 14.6 Å². The SMILES string of the molecule is [C-]#[N+]c1cccc(C#N)c1CN1CCN(Cc2ccc3c(c2)c(-c2ccc(OC(F)(F)F)cc2)cn3CCCCC(=O)C2CCCCN2)CC1. The average Bonchev–Trinajstić information content (AvgIpc) is 3.48. The number of nitriles is 1. The van der Waals surface area contributed by atoms with Crippen molar-refractivity contribution < 1.29 is 22.7 Å². The van der Waals surface area contributed by atoms with Crippen LogP contribution in [0.2, 0.25) is 0 Å². The fourth-order valence-electron chi connectivity index (χ4n) is 7.11. The quantitative estimate of drug-likeness (QED) is 0.121. The van der Waals surface area contributed by atoms with Crippen LogP contribution in [0.1, 0.15) is 55.2 Å². The van der Waals surface area contributed by atoms with Crippen molar-refractivity contribution in [2.75, 3.05) is 32.7 Å². The van der Waals surface area contributed by atoms with E-state index < -0.39 is 6.36 Å². The van der Waals surface area contributed by atoms with Crippen molar-refractivity contribution in [3.05, 3.63) is 95.0 Å². The Morgan fingerprint density at radius 1 is 1.00 bits per heavy atom. The van der Waals surface area contributed by atoms with Crippen LogP contribution in [-0.4, -0.2) is 65.3 Å². The zero-order chi connectivity index (χ0) is 35.1. The number of aryl methyl sites for hydroxylation is 1. The standard InChI is InChI=1S/C39H41F3N6O2/c1-44-35-9-6-7-30(24-43)34(35)26-47-21-19-46(20-22-47)25-28-11-16-37-32(23-28)33(29-12-14-31(15-13-29)50-39(40,41)42)27-48(37)18-5-3-10-38(49)36-8-2-4-17-45-36/h6-7,9,11-16,23,27,36,45H,2-5,8,10,17-22,25-26H2. The molecule has 8 nitrogen and oxygen atoms in total. The molecule has 1 aromatic heterocycles. The smallest absolute Gasteiger partial charge is 0.406 e. The third-order valence-corrected chi connectivity index (χ3v) is 9.76. The molecule has 4 aromatic rings. The van der Waals surface area contributed by atoms with Crippen LogP contribution >= 0.6 is 0 Å². The Kier molecular flexibility index (Phi) is 11.2. The number of rotatable bonds is 12. The molecule has 0 aliphatic carbocycles. The van der Waals surface area contributed by atoms with Gasteiger partial charge in [-0.2, -0.15) is 5.26 Å². The number of hydrogen-bond donors (Lipinski definition) is 1. The minimum absolute atomic E-state index is 0.0220. The van der Waals surface area contributed by atoms with Crippen LogP contribution in [-0.2, 0) is 24.4 Å². The fourth-order valence-corrected chi connectivity index (χ4v) is 7.11. The second-order valence-electron chi connectivity index (χ2n) is 13.2. The molecule has 0 radical (unpaired) electrons. The van der Waals surface area contributed by atoms with Crippen LogP contribution in [0.3, 0.4) is 0 Å². The largest absolute Gasteiger partial charge is 0.573 e. The number of benzene rings is 3. The Morgan fingerprint density at radius 2 is 1.76 bits per heavy atom. The average molecular weight is 683 g/mol. The molecule has 2 aliphatic rings. The molecule has 1 N–H and O–H groups in total. The van der Waals surface area contributed by atoms with Crippen LogP contribution in [0.15, 0.2) is 66.9 Å². The zero-order valence-corrected chi connectivity index (χ0v) is 28.0. The van der Waals surface area contributed by atoms with E-state index in [1.165, 1.54) is 12.1 Å². The number of Topliss-reactive ketones (excluding diaryl/α,β-unsaturated/α-hetero) is 1. The summed E-state index contributed by atoms with van der Waals surface area (Å²) in [6.07, 6.45) is 2.61. The Labute approximate surface area is 290 Å². The third kappa shape index (κ3) is 8.72. The maximum absolute atomic E-state index is 12.8. The maximum atomic E-state index is 12.8. The lowest BCUT2D eigenvalue weighted by Crippen LogP contribution is -2.45. The monoisotopic (exact) mass is 682 g/mol. The molecule has 0 spiro atoms. The van der Waals surface area contributed by atoms with Gasteiger partial charge in [0.25, 0.3) is 0 Å². The first kappa shape index (κ1) is 35.2. The number of carbonyl (C=O) groups excluding carboxylic acids is 1. The molecule has 6 rings (SSSR count). The van der Waals surface area contributed by atoms with Gasteiger partial charge >= 0.3 is 6.36 Å². The molecule has 2 saturated heterocycles. The number of nitrogens with one attached hydrogen (secondary N) is 1. The highest BCUT2D eigenvalue weighted by Crippen LogP contribution is 2.34. The summed E-state index contributed by atoms with van der Waals surface area (Å²) in [5, 5.41) is 13.9. The topological polar surface area (TPSA) is 77.9 Å². The van der Waals surface area contributed by atoms with Crippen molar-refractivity contribution in [1.82, 2.24) is 19.7 Å². The number of piperazine rings is 1. The number of alkyl halides is 3. The number of carbonyl (C=O) groups is 1. The van der Waals surface area contributed by atoms with Crippen molar-refractivity contribution in [3.8, 4) is 22.9 Å². The van der Waals surface area contributed by atoms with E-state index in [9.17, 15) is 23.2 Å². The molecule has 2 fully saturated rings. The van der Waals surface area contributed by atoms with E-state index in [4.69, 9.17) is 6.57 Å². The number of unbranched alkanes of at least 4 members (excludes halogenated alkanes) is 1. The zero-order valence-electron chi connectivity index (χ0n) is 28.0. The van der Waals surface area contributed by atoms with Crippen LogP contribution in [0.25, 0.3) is 26.9 Å². The van der Waals surface area contributed by atoms with E-state index in [-0.39, 0.29) is 17.6 Å². The predicted octanol–water partition coefficient (Wildman–Crippen LogP) is 7.83. The lowest BCUT2D eigenvalue weighted by Gasteiger charge is -2.35. The number of nitrogens with zero attached hydrogens (tertiary/aromatic N) is 5. The lowest BCUT2D eigenvalue weighted by atomic mass is 9.98. The van der Waals surface area contributed by atoms with Gasteiger partial charge in [0.2, 0.25) is 0 Å². The highest BCUT2D eigenvalue weighted by Gasteiger charge is 2.31. The minimum atomic E-state index is -4.76. The van der Waals surface area contributed by atoms with Crippen LogP contribution < -0.4 is 10.1 Å². The first-order valence-electron chi connectivity index (χ1n) is 17.3. The highest BCUT2D eigenvalue weighted by molar-refractivity contribution is 5.96. The van der Waals surface area contributed by atoms with E-state index in [1.54, 1.807) is 30.3 Å². The molecule has 0 bridgehead atoms. The number of piperidine rings is 1. The van der Waals surface area contributed by atoms with Gasteiger partial charge in [0.05, 0.1) is 18.7 Å². The molecule has 3 heterocycles. The molecule has 3 aromatic carbocycles. The van der Waals surface area contributed by atoms with E-state index >= 15 is 0 Å². The number of halogens is 3. The van der Waals surface area contributed by atoms with Crippen molar-refractivity contribution in [3.63, 3.8) is 0 Å². The van der Waals surface area contributed by atoms with E-state index in [1.807, 2.05) is 0 Å². The summed E-state index contributed by atoms with van der Waals surface area (Å²) in [4.78, 5) is 21.0. The van der Waals surface area contributed by atoms with Crippen molar-refractivity contribution in [2.45, 2.75) is 70.6 Å². The summed E-state index contributed by atoms with van der Waals surface area (Å²) >= 11 is 0. The number of ether oxygens (including phenoxy) is 1. The van der Waals surface area contributed by atoms with Crippen molar-refractivity contribution in [2.24, 2.45) is 0 Å². The Bertz CT molecular complexity index is 1840. The van der Waals surface area contributed by atoms with Gasteiger partial charge < -0.3 is 14.6 Å². The molecule has 11 heteroatoms. The molecular weight excluding hydrogens is 641 g/mol. The minimum Gasteiger partial charge on any atom is -0.406 e. The normalized spacial score (nSPS) is 17.3. The van der Waals surface area contributed by atoms with Crippen molar-refractivity contribution >= 4 is 22.4 Å². The molecule has 1 atom stereocenters. The summed E-state index contributed by atoms with van der Waals surface area (Å²) in [5.41, 5.74) is 5.75. The molecule has 260 valence electrons. The molecule has 0 saturated carbocycles. The van der Waals surface area contributed by atoms with Gasteiger partial charge in [-0.25, -0.2) is 4.85 Å². The van der Waals surface area contributed by atoms with E-state index in [2.05, 4.69) is 59.7 Å². The van der Waals surface area contributed by atoms with Gasteiger partial charge in [0.15, 0.2) is 5.69 Å².